The first-order chi connectivity index (χ1) is 11.7. The molecule has 0 radical (unpaired) electrons. The fourth-order valence-corrected chi connectivity index (χ4v) is 4.37. The lowest BCUT2D eigenvalue weighted by Crippen LogP contribution is -2.41. The minimum absolute atomic E-state index is 0.0263. The van der Waals surface area contributed by atoms with Crippen LogP contribution in [0.25, 0.3) is 11.0 Å². The average Bonchev–Trinajstić information content (AvgIpc) is 3.08. The molecule has 1 atom stereocenters. The van der Waals surface area contributed by atoms with Gasteiger partial charge in [0, 0.05) is 16.8 Å². The second-order valence-corrected chi connectivity index (χ2v) is 6.96. The Hall–Kier alpha value is -2.40. The van der Waals surface area contributed by atoms with Crippen LogP contribution in [0.1, 0.15) is 40.2 Å². The highest BCUT2D eigenvalue weighted by Crippen LogP contribution is 2.35. The van der Waals surface area contributed by atoms with Crippen LogP contribution in [0.2, 0.25) is 0 Å². The Morgan fingerprint density at radius 1 is 1.33 bits per heavy atom. The third kappa shape index (κ3) is 2.36. The van der Waals surface area contributed by atoms with Crippen LogP contribution in [-0.4, -0.2) is 17.4 Å². The highest BCUT2D eigenvalue weighted by Gasteiger charge is 2.32. The van der Waals surface area contributed by atoms with Gasteiger partial charge in [0.15, 0.2) is 0 Å². The van der Waals surface area contributed by atoms with Crippen molar-refractivity contribution < 1.29 is 9.21 Å². The van der Waals surface area contributed by atoms with Gasteiger partial charge in [0.05, 0.1) is 6.04 Å². The van der Waals surface area contributed by atoms with Gasteiger partial charge in [0.1, 0.15) is 11.1 Å². The third-order valence-corrected chi connectivity index (χ3v) is 5.61. The van der Waals surface area contributed by atoms with Crippen LogP contribution in [0.4, 0.5) is 0 Å². The van der Waals surface area contributed by atoms with Gasteiger partial charge >= 0.3 is 5.63 Å². The highest BCUT2D eigenvalue weighted by atomic mass is 32.1. The van der Waals surface area contributed by atoms with Crippen molar-refractivity contribution in [2.45, 2.75) is 25.8 Å². The molecule has 4 rings (SSSR count). The Morgan fingerprint density at radius 2 is 2.17 bits per heavy atom. The predicted octanol–water partition coefficient (Wildman–Crippen LogP) is 4.00. The van der Waals surface area contributed by atoms with Gasteiger partial charge in [-0.1, -0.05) is 25.1 Å². The molecule has 5 heteroatoms. The zero-order valence-corrected chi connectivity index (χ0v) is 14.1. The minimum Gasteiger partial charge on any atom is -0.422 e. The van der Waals surface area contributed by atoms with E-state index in [9.17, 15) is 9.59 Å². The molecule has 1 aliphatic rings. The number of hydrogen-bond acceptors (Lipinski definition) is 4. The SMILES string of the molecule is CC[C@@H]1c2ccsc2CCN1C(=O)c1cc2ccccc2oc1=O. The zero-order chi connectivity index (χ0) is 16.7. The van der Waals surface area contributed by atoms with E-state index in [1.807, 2.05) is 23.1 Å². The maximum atomic E-state index is 13.0. The maximum absolute atomic E-state index is 13.0. The topological polar surface area (TPSA) is 50.5 Å². The Morgan fingerprint density at radius 3 is 3.00 bits per heavy atom. The molecule has 1 aromatic carbocycles. The molecule has 0 spiro atoms. The fourth-order valence-electron chi connectivity index (χ4n) is 3.45. The van der Waals surface area contributed by atoms with Gasteiger partial charge in [-0.15, -0.1) is 11.3 Å². The van der Waals surface area contributed by atoms with E-state index in [1.54, 1.807) is 23.5 Å². The minimum atomic E-state index is -0.565. The van der Waals surface area contributed by atoms with Gasteiger partial charge in [-0.3, -0.25) is 4.79 Å². The van der Waals surface area contributed by atoms with Crippen LogP contribution in [0.3, 0.4) is 0 Å². The Balaban J connectivity index is 1.76. The van der Waals surface area contributed by atoms with Gasteiger partial charge in [-0.2, -0.15) is 0 Å². The van der Waals surface area contributed by atoms with Crippen molar-refractivity contribution in [2.24, 2.45) is 0 Å². The quantitative estimate of drug-likeness (QED) is 0.663. The number of para-hydroxylation sites is 1. The van der Waals surface area contributed by atoms with Crippen LogP contribution in [0, 0.1) is 0 Å². The number of hydrogen-bond donors (Lipinski definition) is 0. The standard InChI is InChI=1S/C19H17NO3S/c1-2-15-13-8-10-24-17(13)7-9-20(15)18(21)14-11-12-5-3-4-6-16(12)23-19(14)22/h3-6,8,10-11,15H,2,7,9H2,1H3/t15-/m1/s1. The summed E-state index contributed by atoms with van der Waals surface area (Å²) in [5, 5.41) is 2.84. The van der Waals surface area contributed by atoms with Crippen molar-refractivity contribution in [3.05, 3.63) is 68.2 Å². The molecule has 0 bridgehead atoms. The van der Waals surface area contributed by atoms with Crippen LogP contribution >= 0.6 is 11.3 Å². The largest absolute Gasteiger partial charge is 0.422 e. The second kappa shape index (κ2) is 5.91. The summed E-state index contributed by atoms with van der Waals surface area (Å²) >= 11 is 1.74. The molecule has 122 valence electrons. The van der Waals surface area contributed by atoms with Gasteiger partial charge in [-0.05, 0) is 42.0 Å². The van der Waals surface area contributed by atoms with E-state index in [-0.39, 0.29) is 17.5 Å². The van der Waals surface area contributed by atoms with Crippen molar-refractivity contribution in [3.8, 4) is 0 Å². The fraction of sp³-hybridized carbons (Fsp3) is 0.263. The maximum Gasteiger partial charge on any atom is 0.349 e. The molecule has 3 aromatic rings. The lowest BCUT2D eigenvalue weighted by atomic mass is 9.97. The van der Waals surface area contributed by atoms with E-state index in [1.165, 1.54) is 10.4 Å². The van der Waals surface area contributed by atoms with Crippen molar-refractivity contribution in [1.29, 1.82) is 0 Å². The molecule has 0 aliphatic carbocycles. The summed E-state index contributed by atoms with van der Waals surface area (Å²) in [6.07, 6.45) is 1.67. The summed E-state index contributed by atoms with van der Waals surface area (Å²) in [6.45, 7) is 2.71. The summed E-state index contributed by atoms with van der Waals surface area (Å²) in [5.74, 6) is -0.238. The molecule has 3 heterocycles. The van der Waals surface area contributed by atoms with Crippen molar-refractivity contribution in [2.75, 3.05) is 6.54 Å². The van der Waals surface area contributed by atoms with E-state index in [4.69, 9.17) is 4.42 Å². The summed E-state index contributed by atoms with van der Waals surface area (Å²) < 4.78 is 5.33. The molecule has 4 nitrogen and oxygen atoms in total. The molecule has 1 aliphatic heterocycles. The molecule has 24 heavy (non-hydrogen) atoms. The number of carbonyl (C=O) groups excluding carboxylic acids is 1. The first-order valence-corrected chi connectivity index (χ1v) is 8.97. The lowest BCUT2D eigenvalue weighted by Gasteiger charge is -2.35. The molecule has 0 saturated heterocycles. The van der Waals surface area contributed by atoms with Gasteiger partial charge < -0.3 is 9.32 Å². The summed E-state index contributed by atoms with van der Waals surface area (Å²) in [4.78, 5) is 28.5. The first-order valence-electron chi connectivity index (χ1n) is 8.09. The Labute approximate surface area is 143 Å². The van der Waals surface area contributed by atoms with E-state index in [0.717, 1.165) is 18.2 Å². The second-order valence-electron chi connectivity index (χ2n) is 5.96. The number of thiophene rings is 1. The van der Waals surface area contributed by atoms with Gasteiger partial charge in [0.25, 0.3) is 5.91 Å². The zero-order valence-electron chi connectivity index (χ0n) is 13.3. The van der Waals surface area contributed by atoms with Crippen molar-refractivity contribution in [3.63, 3.8) is 0 Å². The normalized spacial score (nSPS) is 17.0. The third-order valence-electron chi connectivity index (χ3n) is 4.61. The molecule has 0 N–H and O–H groups in total. The van der Waals surface area contributed by atoms with Gasteiger partial charge in [0.2, 0.25) is 0 Å². The number of fused-ring (bicyclic) bond motifs is 2. The summed E-state index contributed by atoms with van der Waals surface area (Å²) in [5.41, 5.74) is 1.27. The Bertz CT molecular complexity index is 972. The van der Waals surface area contributed by atoms with Crippen LogP contribution < -0.4 is 5.63 Å². The van der Waals surface area contributed by atoms with E-state index < -0.39 is 5.63 Å². The van der Waals surface area contributed by atoms with E-state index >= 15 is 0 Å². The smallest absolute Gasteiger partial charge is 0.349 e. The van der Waals surface area contributed by atoms with Gasteiger partial charge in [-0.25, -0.2) is 4.79 Å². The molecule has 0 fully saturated rings. The summed E-state index contributed by atoms with van der Waals surface area (Å²) in [7, 11) is 0. The highest BCUT2D eigenvalue weighted by molar-refractivity contribution is 7.10. The summed E-state index contributed by atoms with van der Waals surface area (Å²) in [6, 6.07) is 11.0. The lowest BCUT2D eigenvalue weighted by molar-refractivity contribution is 0.0653. The van der Waals surface area contributed by atoms with E-state index in [2.05, 4.69) is 18.4 Å². The molecular formula is C19H17NO3S. The molecule has 0 unspecified atom stereocenters. The van der Waals surface area contributed by atoms with Crippen LogP contribution in [0.5, 0.6) is 0 Å². The molecule has 2 aromatic heterocycles. The molecular weight excluding hydrogens is 322 g/mol. The molecule has 1 amide bonds. The van der Waals surface area contributed by atoms with Crippen LogP contribution in [-0.2, 0) is 6.42 Å². The number of carbonyl (C=O) groups is 1. The number of nitrogens with zero attached hydrogens (tertiary/aromatic N) is 1. The average molecular weight is 339 g/mol. The predicted molar refractivity (Wildman–Crippen MR) is 94.6 cm³/mol. The monoisotopic (exact) mass is 339 g/mol. The van der Waals surface area contributed by atoms with Crippen molar-refractivity contribution >= 4 is 28.2 Å². The first kappa shape index (κ1) is 15.1. The Kier molecular flexibility index (Phi) is 3.73. The molecule has 0 saturated carbocycles. The van der Waals surface area contributed by atoms with Crippen LogP contribution in [0.15, 0.2) is 51.0 Å². The van der Waals surface area contributed by atoms with Crippen molar-refractivity contribution in [1.82, 2.24) is 4.90 Å². The number of benzene rings is 1. The number of amides is 1. The van der Waals surface area contributed by atoms with E-state index in [0.29, 0.717) is 12.1 Å². The number of rotatable bonds is 2.